The number of hydrogen-bond donors (Lipinski definition) is 3. The summed E-state index contributed by atoms with van der Waals surface area (Å²) in [5.41, 5.74) is 4.80. The van der Waals surface area contributed by atoms with Crippen LogP contribution in [-0.4, -0.2) is 59.5 Å². The monoisotopic (exact) mass is 422 g/mol. The molecule has 1 spiro atoms. The Morgan fingerprint density at radius 1 is 1.30 bits per heavy atom. The average Bonchev–Trinajstić information content (AvgIpc) is 3.03. The zero-order chi connectivity index (χ0) is 22.1. The Bertz CT molecular complexity index is 713. The van der Waals surface area contributed by atoms with Gasteiger partial charge < -0.3 is 21.1 Å². The molecule has 9 nitrogen and oxygen atoms in total. The summed E-state index contributed by atoms with van der Waals surface area (Å²) in [6, 6.07) is -1.66. The molecule has 3 aliphatic rings. The normalized spacial score (nSPS) is 26.5. The van der Waals surface area contributed by atoms with E-state index in [2.05, 4.69) is 10.6 Å². The number of rotatable bonds is 5. The van der Waals surface area contributed by atoms with Crippen LogP contribution in [0.2, 0.25) is 0 Å². The first-order chi connectivity index (χ1) is 14.0. The van der Waals surface area contributed by atoms with Crippen LogP contribution in [0.1, 0.15) is 65.7 Å². The first kappa shape index (κ1) is 22.4. The number of nitrogens with two attached hydrogens (primary N) is 1. The van der Waals surface area contributed by atoms with Gasteiger partial charge in [0, 0.05) is 19.0 Å². The van der Waals surface area contributed by atoms with Crippen LogP contribution in [-0.2, 0) is 19.1 Å². The van der Waals surface area contributed by atoms with Crippen LogP contribution in [0.3, 0.4) is 0 Å². The number of piperidine rings is 1. The molecule has 3 rings (SSSR count). The molecule has 2 heterocycles. The molecule has 4 amide bonds. The molecule has 30 heavy (non-hydrogen) atoms. The molecule has 2 saturated heterocycles. The Kier molecular flexibility index (Phi) is 6.29. The summed E-state index contributed by atoms with van der Waals surface area (Å²) < 4.78 is 5.51. The number of carbonyl (C=O) groups excluding carboxylic acids is 4. The van der Waals surface area contributed by atoms with Crippen molar-refractivity contribution in [2.75, 3.05) is 13.1 Å². The van der Waals surface area contributed by atoms with E-state index in [0.717, 1.165) is 25.7 Å². The summed E-state index contributed by atoms with van der Waals surface area (Å²) in [7, 11) is 0. The van der Waals surface area contributed by atoms with Crippen molar-refractivity contribution in [3.63, 3.8) is 0 Å². The Labute approximate surface area is 177 Å². The van der Waals surface area contributed by atoms with Crippen molar-refractivity contribution in [2.24, 2.45) is 17.1 Å². The van der Waals surface area contributed by atoms with Crippen molar-refractivity contribution in [1.29, 1.82) is 0 Å². The minimum Gasteiger partial charge on any atom is -0.444 e. The van der Waals surface area contributed by atoms with E-state index in [4.69, 9.17) is 10.5 Å². The van der Waals surface area contributed by atoms with Gasteiger partial charge in [-0.05, 0) is 64.7 Å². The molecule has 1 aliphatic carbocycles. The summed E-state index contributed by atoms with van der Waals surface area (Å²) in [6.45, 7) is 6.46. The lowest BCUT2D eigenvalue weighted by Gasteiger charge is -2.37. The highest BCUT2D eigenvalue weighted by Crippen LogP contribution is 2.50. The van der Waals surface area contributed by atoms with E-state index in [1.54, 1.807) is 20.8 Å². The molecule has 1 saturated carbocycles. The van der Waals surface area contributed by atoms with E-state index in [1.807, 2.05) is 0 Å². The molecule has 4 N–H and O–H groups in total. The van der Waals surface area contributed by atoms with Crippen molar-refractivity contribution in [3.05, 3.63) is 0 Å². The third-order valence-corrected chi connectivity index (χ3v) is 6.43. The van der Waals surface area contributed by atoms with Crippen LogP contribution < -0.4 is 16.4 Å². The van der Waals surface area contributed by atoms with Gasteiger partial charge in [0.15, 0.2) is 0 Å². The zero-order valence-corrected chi connectivity index (χ0v) is 18.2. The van der Waals surface area contributed by atoms with Crippen molar-refractivity contribution in [2.45, 2.75) is 83.4 Å². The smallest absolute Gasteiger partial charge is 0.410 e. The lowest BCUT2D eigenvalue weighted by Crippen LogP contribution is -2.54. The average molecular weight is 423 g/mol. The fourth-order valence-electron chi connectivity index (χ4n) is 4.70. The molecule has 2 aliphatic heterocycles. The maximum atomic E-state index is 13.1. The second kappa shape index (κ2) is 8.43. The van der Waals surface area contributed by atoms with E-state index in [-0.39, 0.29) is 23.7 Å². The maximum Gasteiger partial charge on any atom is 0.410 e. The molecule has 9 heteroatoms. The van der Waals surface area contributed by atoms with Crippen LogP contribution in [0.4, 0.5) is 4.79 Å². The predicted molar refractivity (Wildman–Crippen MR) is 109 cm³/mol. The Hall–Kier alpha value is -2.32. The molecule has 3 atom stereocenters. The number of primary amides is 1. The van der Waals surface area contributed by atoms with Crippen molar-refractivity contribution >= 4 is 23.8 Å². The van der Waals surface area contributed by atoms with Crippen LogP contribution in [0.15, 0.2) is 0 Å². The van der Waals surface area contributed by atoms with Crippen LogP contribution >= 0.6 is 0 Å². The van der Waals surface area contributed by atoms with Gasteiger partial charge in [-0.25, -0.2) is 4.79 Å². The van der Waals surface area contributed by atoms with Gasteiger partial charge in [-0.3, -0.25) is 19.3 Å². The Morgan fingerprint density at radius 3 is 2.53 bits per heavy atom. The Morgan fingerprint density at radius 2 is 2.00 bits per heavy atom. The standard InChI is InChI=1S/C21H34N4O5/c1-20(2,3)30-19(29)25-12-21(7-5-8-21)11-15(25)18(28)24-14(16(22)26)10-13-6-4-9-23-17(13)27/h13-15H,4-12H2,1-3H3,(H2,22,26)(H,23,27)(H,24,28)/t13-,14-,15?/m0/s1. The van der Waals surface area contributed by atoms with Gasteiger partial charge in [0.1, 0.15) is 17.7 Å². The van der Waals surface area contributed by atoms with Gasteiger partial charge in [0.25, 0.3) is 0 Å². The van der Waals surface area contributed by atoms with Crippen LogP contribution in [0.5, 0.6) is 0 Å². The van der Waals surface area contributed by atoms with Gasteiger partial charge >= 0.3 is 6.09 Å². The third kappa shape index (κ3) is 5.05. The summed E-state index contributed by atoms with van der Waals surface area (Å²) in [5.74, 6) is -1.57. The number of carbonyl (C=O) groups is 4. The molecule has 0 aromatic heterocycles. The number of likely N-dealkylation sites (tertiary alicyclic amines) is 1. The molecule has 0 aromatic carbocycles. The molecule has 1 unspecified atom stereocenters. The summed E-state index contributed by atoms with van der Waals surface area (Å²) in [5, 5.41) is 5.50. The number of nitrogens with zero attached hydrogens (tertiary/aromatic N) is 1. The highest BCUT2D eigenvalue weighted by molar-refractivity contribution is 5.91. The van der Waals surface area contributed by atoms with Crippen molar-refractivity contribution in [3.8, 4) is 0 Å². The summed E-state index contributed by atoms with van der Waals surface area (Å²) in [6.07, 6.45) is 4.70. The number of hydrogen-bond acceptors (Lipinski definition) is 5. The second-order valence-corrected chi connectivity index (χ2v) is 10.0. The van der Waals surface area contributed by atoms with E-state index >= 15 is 0 Å². The number of ether oxygens (including phenoxy) is 1. The lowest BCUT2D eigenvalue weighted by atomic mass is 9.67. The largest absolute Gasteiger partial charge is 0.444 e. The fourth-order valence-corrected chi connectivity index (χ4v) is 4.70. The first-order valence-corrected chi connectivity index (χ1v) is 10.9. The van der Waals surface area contributed by atoms with E-state index < -0.39 is 35.6 Å². The van der Waals surface area contributed by atoms with Gasteiger partial charge in [-0.1, -0.05) is 6.42 Å². The van der Waals surface area contributed by atoms with Gasteiger partial charge in [0.05, 0.1) is 0 Å². The zero-order valence-electron chi connectivity index (χ0n) is 18.2. The van der Waals surface area contributed by atoms with E-state index in [0.29, 0.717) is 25.9 Å². The first-order valence-electron chi connectivity index (χ1n) is 10.9. The molecule has 0 bridgehead atoms. The van der Waals surface area contributed by atoms with Crippen molar-refractivity contribution in [1.82, 2.24) is 15.5 Å². The fraction of sp³-hybridized carbons (Fsp3) is 0.810. The third-order valence-electron chi connectivity index (χ3n) is 6.43. The maximum absolute atomic E-state index is 13.1. The SMILES string of the molecule is CC(C)(C)OC(=O)N1CC2(CCC2)CC1C(=O)N[C@@H](C[C@@H]1CCCNC1=O)C(N)=O. The Balaban J connectivity index is 1.70. The lowest BCUT2D eigenvalue weighted by molar-refractivity contribution is -0.132. The van der Waals surface area contributed by atoms with Crippen LogP contribution in [0, 0.1) is 11.3 Å². The molecule has 168 valence electrons. The minimum atomic E-state index is -0.954. The van der Waals surface area contributed by atoms with E-state index in [9.17, 15) is 19.2 Å². The van der Waals surface area contributed by atoms with Gasteiger partial charge in [0.2, 0.25) is 17.7 Å². The van der Waals surface area contributed by atoms with E-state index in [1.165, 1.54) is 4.90 Å². The highest BCUT2D eigenvalue weighted by Gasteiger charge is 2.52. The molecule has 0 radical (unpaired) electrons. The van der Waals surface area contributed by atoms with Gasteiger partial charge in [-0.15, -0.1) is 0 Å². The molecule has 3 fully saturated rings. The number of nitrogens with one attached hydrogen (secondary N) is 2. The predicted octanol–water partition coefficient (Wildman–Crippen LogP) is 1.05. The summed E-state index contributed by atoms with van der Waals surface area (Å²) >= 11 is 0. The summed E-state index contributed by atoms with van der Waals surface area (Å²) in [4.78, 5) is 51.4. The van der Waals surface area contributed by atoms with Crippen LogP contribution in [0.25, 0.3) is 0 Å². The molecule has 0 aromatic rings. The molecular weight excluding hydrogens is 388 g/mol. The minimum absolute atomic E-state index is 0.0512. The second-order valence-electron chi connectivity index (χ2n) is 10.0. The number of amides is 4. The molecular formula is C21H34N4O5. The highest BCUT2D eigenvalue weighted by atomic mass is 16.6. The van der Waals surface area contributed by atoms with Crippen molar-refractivity contribution < 1.29 is 23.9 Å². The quantitative estimate of drug-likeness (QED) is 0.610. The topological polar surface area (TPSA) is 131 Å². The van der Waals surface area contributed by atoms with Gasteiger partial charge in [-0.2, -0.15) is 0 Å².